The molecule has 0 saturated carbocycles. The van der Waals surface area contributed by atoms with E-state index in [9.17, 15) is 13.2 Å². The zero-order valence-electron chi connectivity index (χ0n) is 8.41. The van der Waals surface area contributed by atoms with E-state index in [1.807, 2.05) is 0 Å². The van der Waals surface area contributed by atoms with Crippen LogP contribution < -0.4 is 0 Å². The zero-order valence-corrected chi connectivity index (χ0v) is 9.92. The first kappa shape index (κ1) is 13.4. The molecule has 0 aliphatic heterocycles. The van der Waals surface area contributed by atoms with Crippen LogP contribution in [0.15, 0.2) is 24.8 Å². The third-order valence-corrected chi connectivity index (χ3v) is 2.70. The van der Waals surface area contributed by atoms with E-state index in [0.29, 0.717) is 0 Å². The van der Waals surface area contributed by atoms with Crippen LogP contribution in [0.2, 0.25) is 10.0 Å². The van der Waals surface area contributed by atoms with E-state index < -0.39 is 17.7 Å². The summed E-state index contributed by atoms with van der Waals surface area (Å²) in [6.07, 6.45) is 1.08. The smallest absolute Gasteiger partial charge is 0.206 e. The van der Waals surface area contributed by atoms with Gasteiger partial charge in [-0.15, -0.1) is 6.58 Å². The Morgan fingerprint density at radius 2 is 1.75 bits per heavy atom. The molecule has 1 atom stereocenters. The summed E-state index contributed by atoms with van der Waals surface area (Å²) in [7, 11) is 0. The van der Waals surface area contributed by atoms with Crippen molar-refractivity contribution < 1.29 is 13.2 Å². The highest BCUT2D eigenvalue weighted by atomic mass is 35.5. The van der Waals surface area contributed by atoms with E-state index in [4.69, 9.17) is 23.2 Å². The predicted molar refractivity (Wildman–Crippen MR) is 60.0 cm³/mol. The Morgan fingerprint density at radius 3 is 2.06 bits per heavy atom. The fourth-order valence-corrected chi connectivity index (χ4v) is 1.89. The van der Waals surface area contributed by atoms with Gasteiger partial charge in [-0.2, -0.15) is 0 Å². The van der Waals surface area contributed by atoms with Crippen molar-refractivity contribution in [2.75, 3.05) is 0 Å². The summed E-state index contributed by atoms with van der Waals surface area (Å²) in [5.41, 5.74) is 0.138. The number of hydrogen-bond donors (Lipinski definition) is 0. The lowest BCUT2D eigenvalue weighted by Gasteiger charge is -2.21. The Labute approximate surface area is 102 Å². The summed E-state index contributed by atoms with van der Waals surface area (Å²) in [5.74, 6) is -5.07. The van der Waals surface area contributed by atoms with Gasteiger partial charge >= 0.3 is 0 Å². The van der Waals surface area contributed by atoms with Gasteiger partial charge in [0.2, 0.25) is 0 Å². The van der Waals surface area contributed by atoms with E-state index in [2.05, 4.69) is 6.58 Å². The molecule has 0 aliphatic carbocycles. The van der Waals surface area contributed by atoms with Gasteiger partial charge in [-0.1, -0.05) is 29.3 Å². The van der Waals surface area contributed by atoms with Crippen LogP contribution in [0.5, 0.6) is 0 Å². The van der Waals surface area contributed by atoms with Crippen molar-refractivity contribution >= 4 is 23.2 Å². The van der Waals surface area contributed by atoms with Crippen LogP contribution in [-0.4, -0.2) is 5.92 Å². The lowest BCUT2D eigenvalue weighted by atomic mass is 9.93. The molecule has 1 aromatic rings. The number of allylic oxidation sites excluding steroid dienone is 1. The van der Waals surface area contributed by atoms with Crippen LogP contribution >= 0.6 is 23.2 Å². The molecule has 0 spiro atoms. The van der Waals surface area contributed by atoms with Crippen LogP contribution in [0.25, 0.3) is 0 Å². The highest BCUT2D eigenvalue weighted by molar-refractivity contribution is 6.35. The maximum absolute atomic E-state index is 13.2. The summed E-state index contributed by atoms with van der Waals surface area (Å²) >= 11 is 11.1. The highest BCUT2D eigenvalue weighted by Gasteiger charge is 2.33. The molecule has 5 heteroatoms. The van der Waals surface area contributed by atoms with Gasteiger partial charge in [-0.3, -0.25) is 0 Å². The lowest BCUT2D eigenvalue weighted by Crippen LogP contribution is -2.20. The third kappa shape index (κ3) is 2.71. The van der Waals surface area contributed by atoms with Crippen molar-refractivity contribution in [2.24, 2.45) is 0 Å². The number of hydrogen-bond acceptors (Lipinski definition) is 0. The minimum absolute atomic E-state index is 0.138. The number of rotatable bonds is 3. The molecule has 0 N–H and O–H groups in total. The molecule has 0 fully saturated rings. The van der Waals surface area contributed by atoms with E-state index in [1.165, 1.54) is 0 Å². The largest absolute Gasteiger partial charge is 0.255 e. The van der Waals surface area contributed by atoms with Crippen LogP contribution in [0.4, 0.5) is 13.2 Å². The number of alkyl halides is 2. The molecule has 1 aromatic carbocycles. The molecule has 16 heavy (non-hydrogen) atoms. The van der Waals surface area contributed by atoms with Crippen LogP contribution in [0.1, 0.15) is 18.4 Å². The molecule has 1 unspecified atom stereocenters. The summed E-state index contributed by atoms with van der Waals surface area (Å²) in [6, 6.07) is 2.26. The van der Waals surface area contributed by atoms with Gasteiger partial charge in [0, 0.05) is 6.92 Å². The van der Waals surface area contributed by atoms with E-state index in [-0.39, 0.29) is 15.6 Å². The molecule has 1 rings (SSSR count). The van der Waals surface area contributed by atoms with Crippen molar-refractivity contribution in [3.63, 3.8) is 0 Å². The van der Waals surface area contributed by atoms with Gasteiger partial charge in [-0.25, -0.2) is 13.2 Å². The summed E-state index contributed by atoms with van der Waals surface area (Å²) in [6.45, 7) is 4.08. The number of benzene rings is 1. The van der Waals surface area contributed by atoms with Gasteiger partial charge in [0.1, 0.15) is 0 Å². The maximum Gasteiger partial charge on any atom is 0.255 e. The molecular formula is C11H9Cl2F3. The summed E-state index contributed by atoms with van der Waals surface area (Å²) < 4.78 is 39.5. The fraction of sp³-hybridized carbons (Fsp3) is 0.273. The Bertz CT molecular complexity index is 387. The van der Waals surface area contributed by atoms with Gasteiger partial charge < -0.3 is 0 Å². The van der Waals surface area contributed by atoms with E-state index in [1.54, 1.807) is 0 Å². The normalized spacial score (nSPS) is 13.6. The molecular weight excluding hydrogens is 260 g/mol. The predicted octanol–water partition coefficient (Wildman–Crippen LogP) is 5.06. The van der Waals surface area contributed by atoms with Gasteiger partial charge in [0.15, 0.2) is 5.82 Å². The quantitative estimate of drug-likeness (QED) is 0.531. The Balaban J connectivity index is 3.28. The van der Waals surface area contributed by atoms with Crippen molar-refractivity contribution in [3.05, 3.63) is 46.2 Å². The van der Waals surface area contributed by atoms with Gasteiger partial charge in [0.05, 0.1) is 16.0 Å². The molecule has 0 saturated heterocycles. The molecule has 0 aromatic heterocycles. The first-order valence-corrected chi connectivity index (χ1v) is 5.17. The Kier molecular flexibility index (Phi) is 3.92. The van der Waals surface area contributed by atoms with Gasteiger partial charge in [-0.05, 0) is 17.7 Å². The highest BCUT2D eigenvalue weighted by Crippen LogP contribution is 2.37. The van der Waals surface area contributed by atoms with Crippen molar-refractivity contribution in [1.29, 1.82) is 0 Å². The molecule has 0 heterocycles. The van der Waals surface area contributed by atoms with Crippen LogP contribution in [0.3, 0.4) is 0 Å². The lowest BCUT2D eigenvalue weighted by molar-refractivity contribution is 0.00686. The third-order valence-electron chi connectivity index (χ3n) is 2.15. The van der Waals surface area contributed by atoms with Gasteiger partial charge in [0.25, 0.3) is 5.92 Å². The monoisotopic (exact) mass is 268 g/mol. The Morgan fingerprint density at radius 1 is 1.31 bits per heavy atom. The topological polar surface area (TPSA) is 0 Å². The second kappa shape index (κ2) is 4.68. The minimum Gasteiger partial charge on any atom is -0.206 e. The molecule has 88 valence electrons. The zero-order chi connectivity index (χ0) is 12.5. The minimum atomic E-state index is -3.01. The van der Waals surface area contributed by atoms with Crippen molar-refractivity contribution in [3.8, 4) is 0 Å². The average Bonchev–Trinajstić information content (AvgIpc) is 2.12. The average molecular weight is 269 g/mol. The standard InChI is InChI=1S/C11H9Cl2F3/c1-3-7(11(2,15)16)6-4-8(12)10(14)9(13)5-6/h3-5,7H,1H2,2H3. The van der Waals surface area contributed by atoms with Crippen LogP contribution in [0, 0.1) is 5.82 Å². The fourth-order valence-electron chi connectivity index (χ4n) is 1.39. The maximum atomic E-state index is 13.2. The van der Waals surface area contributed by atoms with Crippen molar-refractivity contribution in [1.82, 2.24) is 0 Å². The Hall–Kier alpha value is -0.670. The molecule has 0 bridgehead atoms. The number of halogens is 5. The van der Waals surface area contributed by atoms with E-state index in [0.717, 1.165) is 25.1 Å². The molecule has 0 radical (unpaired) electrons. The van der Waals surface area contributed by atoms with Crippen molar-refractivity contribution in [2.45, 2.75) is 18.8 Å². The second-order valence-electron chi connectivity index (χ2n) is 3.47. The van der Waals surface area contributed by atoms with Crippen LogP contribution in [-0.2, 0) is 0 Å². The molecule has 0 nitrogen and oxygen atoms in total. The molecule has 0 amide bonds. The van der Waals surface area contributed by atoms with E-state index >= 15 is 0 Å². The first-order chi connectivity index (χ1) is 7.27. The summed E-state index contributed by atoms with van der Waals surface area (Å²) in [4.78, 5) is 0. The second-order valence-corrected chi connectivity index (χ2v) is 4.28. The molecule has 0 aliphatic rings. The SMILES string of the molecule is C=CC(c1cc(Cl)c(F)c(Cl)c1)C(C)(F)F. The summed E-state index contributed by atoms with van der Waals surface area (Å²) in [5, 5.41) is -0.558. The first-order valence-electron chi connectivity index (χ1n) is 4.42.